The Balaban J connectivity index is 2.06. The number of hydrogen-bond acceptors (Lipinski definition) is 5. The minimum Gasteiger partial charge on any atom is -0.344 e. The van der Waals surface area contributed by atoms with E-state index in [2.05, 4.69) is 10.3 Å². The van der Waals surface area contributed by atoms with Gasteiger partial charge in [0.05, 0.1) is 11.5 Å². The fourth-order valence-electron chi connectivity index (χ4n) is 3.65. The molecule has 3 heterocycles. The molecule has 2 aromatic heterocycles. The van der Waals surface area contributed by atoms with Crippen molar-refractivity contribution in [3.05, 3.63) is 60.1 Å². The molecule has 2 N–H and O–H groups in total. The Bertz CT molecular complexity index is 966. The second-order valence-corrected chi connectivity index (χ2v) is 6.99. The van der Waals surface area contributed by atoms with Gasteiger partial charge in [-0.2, -0.15) is 0 Å². The molecule has 0 fully saturated rings. The standard InChI is InChI=1S/C17H17N3O3S/c1-2-20-15-14(16(22)19-17(20)23)13(11-7-4-8-24-11)12-9(18-15)5-3-6-10(12)21/h4,7-8,13,18H,2-3,5-6H2,1H3,(H,19,22,23)/t13-/m1/s1. The summed E-state index contributed by atoms with van der Waals surface area (Å²) in [6, 6.07) is 3.86. The van der Waals surface area contributed by atoms with E-state index >= 15 is 0 Å². The van der Waals surface area contributed by atoms with Crippen molar-refractivity contribution in [1.29, 1.82) is 0 Å². The number of nitrogens with one attached hydrogen (secondary N) is 2. The highest BCUT2D eigenvalue weighted by atomic mass is 32.1. The molecule has 0 aromatic carbocycles. The van der Waals surface area contributed by atoms with Crippen molar-refractivity contribution < 1.29 is 4.79 Å². The number of anilines is 1. The third kappa shape index (κ3) is 2.11. The highest BCUT2D eigenvalue weighted by Crippen LogP contribution is 2.44. The lowest BCUT2D eigenvalue weighted by Gasteiger charge is -2.33. The number of fused-ring (bicyclic) bond motifs is 1. The van der Waals surface area contributed by atoms with Gasteiger partial charge in [-0.1, -0.05) is 6.07 Å². The Labute approximate surface area is 141 Å². The van der Waals surface area contributed by atoms with Gasteiger partial charge in [0.25, 0.3) is 5.56 Å². The number of aromatic nitrogens is 2. The van der Waals surface area contributed by atoms with E-state index in [4.69, 9.17) is 0 Å². The quantitative estimate of drug-likeness (QED) is 0.875. The minimum atomic E-state index is -0.426. The number of ketones is 1. The zero-order valence-electron chi connectivity index (χ0n) is 13.2. The Morgan fingerprint density at radius 2 is 2.12 bits per heavy atom. The summed E-state index contributed by atoms with van der Waals surface area (Å²) in [7, 11) is 0. The van der Waals surface area contributed by atoms with E-state index in [9.17, 15) is 14.4 Å². The summed E-state index contributed by atoms with van der Waals surface area (Å²) in [5, 5.41) is 5.17. The molecule has 4 rings (SSSR count). The molecule has 0 amide bonds. The molecule has 2 aliphatic rings. The van der Waals surface area contributed by atoms with Crippen LogP contribution in [0, 0.1) is 0 Å². The van der Waals surface area contributed by atoms with Crippen LogP contribution in [0.15, 0.2) is 38.4 Å². The fraction of sp³-hybridized carbons (Fsp3) is 0.353. The van der Waals surface area contributed by atoms with Crippen molar-refractivity contribution >= 4 is 22.9 Å². The molecule has 2 aromatic rings. The number of rotatable bonds is 2. The zero-order chi connectivity index (χ0) is 16.8. The number of carbonyl (C=O) groups is 1. The maximum atomic E-state index is 12.6. The van der Waals surface area contributed by atoms with Gasteiger partial charge >= 0.3 is 5.69 Å². The molecule has 6 nitrogen and oxygen atoms in total. The molecule has 0 bridgehead atoms. The number of thiophene rings is 1. The largest absolute Gasteiger partial charge is 0.344 e. The van der Waals surface area contributed by atoms with Crippen LogP contribution in [0.1, 0.15) is 42.5 Å². The lowest BCUT2D eigenvalue weighted by molar-refractivity contribution is -0.116. The number of hydrogen-bond donors (Lipinski definition) is 2. The van der Waals surface area contributed by atoms with E-state index in [1.54, 1.807) is 0 Å². The first kappa shape index (κ1) is 15.1. The first-order chi connectivity index (χ1) is 11.6. The molecule has 24 heavy (non-hydrogen) atoms. The van der Waals surface area contributed by atoms with Gasteiger partial charge in [0, 0.05) is 29.1 Å². The maximum absolute atomic E-state index is 12.6. The molecule has 0 unspecified atom stereocenters. The Hall–Kier alpha value is -2.41. The molecule has 7 heteroatoms. The molecular formula is C17H17N3O3S. The van der Waals surface area contributed by atoms with Gasteiger partial charge in [-0.05, 0) is 31.2 Å². The van der Waals surface area contributed by atoms with Crippen molar-refractivity contribution in [3.63, 3.8) is 0 Å². The summed E-state index contributed by atoms with van der Waals surface area (Å²) in [6.45, 7) is 2.30. The van der Waals surface area contributed by atoms with Crippen LogP contribution in [-0.2, 0) is 11.3 Å². The van der Waals surface area contributed by atoms with Crippen LogP contribution in [0.25, 0.3) is 0 Å². The van der Waals surface area contributed by atoms with Gasteiger partial charge in [0.15, 0.2) is 5.78 Å². The van der Waals surface area contributed by atoms with E-state index in [0.717, 1.165) is 23.4 Å². The summed E-state index contributed by atoms with van der Waals surface area (Å²) < 4.78 is 1.53. The van der Waals surface area contributed by atoms with Gasteiger partial charge in [0.1, 0.15) is 5.82 Å². The Morgan fingerprint density at radius 1 is 1.29 bits per heavy atom. The molecular weight excluding hydrogens is 326 g/mol. The topological polar surface area (TPSA) is 84.0 Å². The molecule has 1 aliphatic heterocycles. The van der Waals surface area contributed by atoms with Crippen LogP contribution in [-0.4, -0.2) is 15.3 Å². The SMILES string of the molecule is CCn1c2c(c(=O)[nH]c1=O)[C@H](c1cccs1)C1=C(CCCC1=O)N2. The van der Waals surface area contributed by atoms with Gasteiger partial charge in [-0.25, -0.2) is 4.79 Å². The summed E-state index contributed by atoms with van der Waals surface area (Å²) in [4.78, 5) is 40.7. The van der Waals surface area contributed by atoms with Gasteiger partial charge in [-0.3, -0.25) is 19.1 Å². The summed E-state index contributed by atoms with van der Waals surface area (Å²) >= 11 is 1.52. The summed E-state index contributed by atoms with van der Waals surface area (Å²) in [6.07, 6.45) is 2.05. The third-order valence-corrected chi connectivity index (χ3v) is 5.62. The lowest BCUT2D eigenvalue weighted by Crippen LogP contribution is -2.39. The average molecular weight is 343 g/mol. The van der Waals surface area contributed by atoms with E-state index in [0.29, 0.717) is 29.9 Å². The van der Waals surface area contributed by atoms with Gasteiger partial charge in [0.2, 0.25) is 0 Å². The predicted molar refractivity (Wildman–Crippen MR) is 92.7 cm³/mol. The molecule has 0 radical (unpaired) electrons. The van der Waals surface area contributed by atoms with E-state index < -0.39 is 17.2 Å². The summed E-state index contributed by atoms with van der Waals surface area (Å²) in [5.41, 5.74) is 1.15. The van der Waals surface area contributed by atoms with Crippen LogP contribution in [0.2, 0.25) is 0 Å². The molecule has 0 saturated heterocycles. The first-order valence-corrected chi connectivity index (χ1v) is 8.93. The molecule has 1 aliphatic carbocycles. The average Bonchev–Trinajstić information content (AvgIpc) is 3.07. The smallest absolute Gasteiger partial charge is 0.329 e. The Kier molecular flexibility index (Phi) is 3.53. The number of nitrogens with zero attached hydrogens (tertiary/aromatic N) is 1. The number of H-pyrrole nitrogens is 1. The van der Waals surface area contributed by atoms with Crippen molar-refractivity contribution in [2.24, 2.45) is 0 Å². The highest BCUT2D eigenvalue weighted by Gasteiger charge is 2.38. The molecule has 0 saturated carbocycles. The second kappa shape index (κ2) is 5.59. The van der Waals surface area contributed by atoms with Crippen molar-refractivity contribution in [2.45, 2.75) is 38.6 Å². The normalized spacial score (nSPS) is 19.7. The van der Waals surface area contributed by atoms with Crippen molar-refractivity contribution in [1.82, 2.24) is 9.55 Å². The number of carbonyl (C=O) groups excluding carboxylic acids is 1. The van der Waals surface area contributed by atoms with Gasteiger partial charge in [-0.15, -0.1) is 11.3 Å². The summed E-state index contributed by atoms with van der Waals surface area (Å²) in [5.74, 6) is 0.214. The number of Topliss-reactive ketones (excluding diaryl/α,β-unsaturated/α-hetero) is 1. The first-order valence-electron chi connectivity index (χ1n) is 8.05. The van der Waals surface area contributed by atoms with Crippen molar-refractivity contribution in [2.75, 3.05) is 5.32 Å². The van der Waals surface area contributed by atoms with Crippen LogP contribution in [0.4, 0.5) is 5.82 Å². The van der Waals surface area contributed by atoms with Crippen LogP contribution in [0.3, 0.4) is 0 Å². The Morgan fingerprint density at radius 3 is 2.83 bits per heavy atom. The maximum Gasteiger partial charge on any atom is 0.329 e. The van der Waals surface area contributed by atoms with E-state index in [1.807, 2.05) is 24.4 Å². The molecule has 124 valence electrons. The predicted octanol–water partition coefficient (Wildman–Crippen LogP) is 2.18. The van der Waals surface area contributed by atoms with Gasteiger partial charge < -0.3 is 5.32 Å². The van der Waals surface area contributed by atoms with Crippen LogP contribution in [0.5, 0.6) is 0 Å². The second-order valence-electron chi connectivity index (χ2n) is 6.01. The van der Waals surface area contributed by atoms with Crippen molar-refractivity contribution in [3.8, 4) is 0 Å². The van der Waals surface area contributed by atoms with Crippen LogP contribution < -0.4 is 16.6 Å². The molecule has 1 atom stereocenters. The third-order valence-electron chi connectivity index (χ3n) is 4.68. The zero-order valence-corrected chi connectivity index (χ0v) is 14.0. The molecule has 0 spiro atoms. The number of allylic oxidation sites excluding steroid dienone is 2. The highest BCUT2D eigenvalue weighted by molar-refractivity contribution is 7.10. The lowest BCUT2D eigenvalue weighted by atomic mass is 9.79. The minimum absolute atomic E-state index is 0.0847. The monoisotopic (exact) mass is 343 g/mol. The number of aromatic amines is 1. The van der Waals surface area contributed by atoms with E-state index in [1.165, 1.54) is 15.9 Å². The van der Waals surface area contributed by atoms with Crippen LogP contribution >= 0.6 is 11.3 Å². The van der Waals surface area contributed by atoms with E-state index in [-0.39, 0.29) is 5.78 Å². The fourth-order valence-corrected chi connectivity index (χ4v) is 4.49.